The molecule has 0 saturated carbocycles. The molecule has 8 rings (SSSR count). The van der Waals surface area contributed by atoms with Crippen molar-refractivity contribution in [1.82, 2.24) is 8.54 Å². The third-order valence-corrected chi connectivity index (χ3v) is 11.8. The first-order chi connectivity index (χ1) is 22.7. The van der Waals surface area contributed by atoms with Crippen molar-refractivity contribution in [2.75, 3.05) is 0 Å². The van der Waals surface area contributed by atoms with Crippen molar-refractivity contribution in [1.29, 1.82) is 0 Å². The summed E-state index contributed by atoms with van der Waals surface area (Å²) < 4.78 is 31.9. The maximum atomic E-state index is 14.3. The second kappa shape index (κ2) is 11.1. The molecule has 12 heteroatoms. The van der Waals surface area contributed by atoms with Crippen LogP contribution in [0, 0.1) is 10.1 Å². The molecule has 0 spiro atoms. The van der Waals surface area contributed by atoms with Gasteiger partial charge in [-0.3, -0.25) is 19.5 Å². The lowest BCUT2D eigenvalue weighted by atomic mass is 9.83. The molecule has 1 aliphatic carbocycles. The van der Waals surface area contributed by atoms with E-state index in [0.717, 1.165) is 49.8 Å². The van der Waals surface area contributed by atoms with Gasteiger partial charge < -0.3 is 0 Å². The summed E-state index contributed by atoms with van der Waals surface area (Å²) >= 11 is 4.80. The number of halogens is 1. The maximum absolute atomic E-state index is 14.3. The van der Waals surface area contributed by atoms with E-state index in [1.165, 1.54) is 41.3 Å². The molecule has 0 N–H and O–H groups in total. The molecule has 0 radical (unpaired) electrons. The first kappa shape index (κ1) is 29.5. The van der Waals surface area contributed by atoms with Crippen molar-refractivity contribution in [2.45, 2.75) is 23.8 Å². The number of nitro groups is 1. The molecule has 1 aliphatic heterocycles. The van der Waals surface area contributed by atoms with E-state index >= 15 is 0 Å². The van der Waals surface area contributed by atoms with E-state index in [1.54, 1.807) is 34.9 Å². The summed E-state index contributed by atoms with van der Waals surface area (Å²) in [5.41, 5.74) is 5.62. The Kier molecular flexibility index (Phi) is 6.97. The van der Waals surface area contributed by atoms with Gasteiger partial charge in [-0.25, -0.2) is 17.4 Å². The Bertz CT molecular complexity index is 2620. The van der Waals surface area contributed by atoms with Crippen LogP contribution in [0.3, 0.4) is 0 Å². The Labute approximate surface area is 280 Å². The summed E-state index contributed by atoms with van der Waals surface area (Å²) in [5.74, 6) is 0. The van der Waals surface area contributed by atoms with Gasteiger partial charge in [0.05, 0.1) is 31.6 Å². The largest absolute Gasteiger partial charge is 0.272 e. The van der Waals surface area contributed by atoms with Crippen LogP contribution in [0.15, 0.2) is 128 Å². The molecule has 9 nitrogen and oxygen atoms in total. The summed E-state index contributed by atoms with van der Waals surface area (Å²) in [4.78, 5) is 30.5. The van der Waals surface area contributed by atoms with Crippen LogP contribution >= 0.6 is 27.3 Å². The highest BCUT2D eigenvalue weighted by Crippen LogP contribution is 2.41. The zero-order valence-electron chi connectivity index (χ0n) is 24.4. The number of rotatable bonds is 5. The minimum atomic E-state index is -4.21. The molecular formula is C35H23BrN4O5S2. The van der Waals surface area contributed by atoms with E-state index in [1.807, 2.05) is 36.4 Å². The SMILES string of the molecule is O=c1/c(=C\c2cn(S(=O)(=O)c3cccc([N+](=O)[O-])c3)c3ccccc23)sc2n1[C@H](c1ccc(Br)cc1)C1=C(N=2)c2ccccc2CC1. The van der Waals surface area contributed by atoms with Crippen LogP contribution in [0.2, 0.25) is 0 Å². The molecule has 0 bridgehead atoms. The van der Waals surface area contributed by atoms with Crippen molar-refractivity contribution in [3.8, 4) is 0 Å². The van der Waals surface area contributed by atoms with Crippen LogP contribution in [0.5, 0.6) is 0 Å². The Morgan fingerprint density at radius 2 is 1.72 bits per heavy atom. The molecule has 232 valence electrons. The number of nitrogens with zero attached hydrogens (tertiary/aromatic N) is 4. The predicted molar refractivity (Wildman–Crippen MR) is 185 cm³/mol. The first-order valence-corrected chi connectivity index (χ1v) is 17.7. The van der Waals surface area contributed by atoms with Gasteiger partial charge in [0.2, 0.25) is 0 Å². The number of benzene rings is 4. The normalized spacial score (nSPS) is 16.0. The molecule has 4 aromatic carbocycles. The predicted octanol–water partition coefficient (Wildman–Crippen LogP) is 6.18. The number of nitro benzene ring substituents is 1. The number of hydrogen-bond donors (Lipinski definition) is 0. The van der Waals surface area contributed by atoms with E-state index < -0.39 is 14.9 Å². The van der Waals surface area contributed by atoms with Crippen molar-refractivity contribution >= 4 is 65.7 Å². The van der Waals surface area contributed by atoms with E-state index in [9.17, 15) is 23.3 Å². The number of aromatic nitrogens is 2. The fraction of sp³-hybridized carbons (Fsp3) is 0.0857. The fourth-order valence-electron chi connectivity index (χ4n) is 6.47. The van der Waals surface area contributed by atoms with Crippen molar-refractivity contribution < 1.29 is 13.3 Å². The second-order valence-corrected chi connectivity index (χ2v) is 15.1. The molecule has 3 heterocycles. The number of allylic oxidation sites excluding steroid dienone is 1. The molecule has 2 aromatic heterocycles. The number of thiazole rings is 1. The van der Waals surface area contributed by atoms with E-state index in [4.69, 9.17) is 4.99 Å². The minimum absolute atomic E-state index is 0.210. The van der Waals surface area contributed by atoms with Crippen molar-refractivity contribution in [2.24, 2.45) is 4.99 Å². The molecule has 1 atom stereocenters. The van der Waals surface area contributed by atoms with Crippen LogP contribution in [0.1, 0.15) is 34.7 Å². The standard InChI is InChI=1S/C35H23BrN4O5S2/c36-24-15-12-22(13-16-24)33-29-17-14-21-6-1-2-10-28(21)32(29)37-35-39(33)34(41)31(46-35)18-23-20-38(30-11-4-3-9-27(23)30)47(44,45)26-8-5-7-25(19-26)40(42)43/h1-13,15-16,18-20,33H,14,17H2/b31-18+/t33-/m1/s1. The van der Waals surface area contributed by atoms with Gasteiger partial charge in [0.25, 0.3) is 21.3 Å². The molecule has 0 saturated heterocycles. The van der Waals surface area contributed by atoms with E-state index in [-0.39, 0.29) is 22.2 Å². The number of fused-ring (bicyclic) bond motifs is 4. The third kappa shape index (κ3) is 4.82. The molecule has 0 amide bonds. The molecule has 0 fully saturated rings. The number of para-hydroxylation sites is 1. The van der Waals surface area contributed by atoms with Gasteiger partial charge in [-0.05, 0) is 59.9 Å². The Morgan fingerprint density at radius 3 is 2.53 bits per heavy atom. The monoisotopic (exact) mass is 722 g/mol. The van der Waals surface area contributed by atoms with Gasteiger partial charge in [0.15, 0.2) is 4.80 Å². The summed E-state index contributed by atoms with van der Waals surface area (Å²) in [6.07, 6.45) is 4.79. The van der Waals surface area contributed by atoms with Crippen LogP contribution in [-0.2, 0) is 16.4 Å². The fourth-order valence-corrected chi connectivity index (χ4v) is 9.14. The number of aryl methyl sites for hydroxylation is 1. The van der Waals surface area contributed by atoms with Gasteiger partial charge in [-0.15, -0.1) is 0 Å². The molecule has 47 heavy (non-hydrogen) atoms. The number of non-ortho nitro benzene ring substituents is 1. The topological polar surface area (TPSA) is 117 Å². The molecule has 2 aliphatic rings. The lowest BCUT2D eigenvalue weighted by molar-refractivity contribution is -0.385. The van der Waals surface area contributed by atoms with E-state index in [0.29, 0.717) is 25.8 Å². The lowest BCUT2D eigenvalue weighted by Gasteiger charge is -2.30. The van der Waals surface area contributed by atoms with E-state index in [2.05, 4.69) is 28.1 Å². The summed E-state index contributed by atoms with van der Waals surface area (Å²) in [6, 6.07) is 27.8. The lowest BCUT2D eigenvalue weighted by Crippen LogP contribution is -2.38. The van der Waals surface area contributed by atoms with Crippen molar-refractivity contribution in [3.63, 3.8) is 0 Å². The highest BCUT2D eigenvalue weighted by Gasteiger charge is 2.32. The highest BCUT2D eigenvalue weighted by molar-refractivity contribution is 9.10. The van der Waals surface area contributed by atoms with Gasteiger partial charge in [0.1, 0.15) is 0 Å². The zero-order valence-corrected chi connectivity index (χ0v) is 27.6. The Hall–Kier alpha value is -4.91. The quantitative estimate of drug-likeness (QED) is 0.156. The third-order valence-electron chi connectivity index (χ3n) is 8.64. The molecule has 6 aromatic rings. The average Bonchev–Trinajstić information content (AvgIpc) is 3.61. The average molecular weight is 724 g/mol. The van der Waals surface area contributed by atoms with Crippen molar-refractivity contribution in [3.05, 3.63) is 165 Å². The zero-order chi connectivity index (χ0) is 32.4. The summed E-state index contributed by atoms with van der Waals surface area (Å²) in [5, 5.41) is 12.0. The van der Waals surface area contributed by atoms with Crippen LogP contribution < -0.4 is 14.9 Å². The van der Waals surface area contributed by atoms with Crippen LogP contribution in [0.4, 0.5) is 5.69 Å². The Balaban J connectivity index is 1.33. The smallest absolute Gasteiger partial charge is 0.271 e. The summed E-state index contributed by atoms with van der Waals surface area (Å²) in [6.45, 7) is 0. The summed E-state index contributed by atoms with van der Waals surface area (Å²) in [7, 11) is -4.21. The van der Waals surface area contributed by atoms with Gasteiger partial charge in [-0.1, -0.05) is 87.9 Å². The highest BCUT2D eigenvalue weighted by atomic mass is 79.9. The maximum Gasteiger partial charge on any atom is 0.271 e. The van der Waals surface area contributed by atoms with Crippen LogP contribution in [0.25, 0.3) is 22.7 Å². The number of hydrogen-bond acceptors (Lipinski definition) is 7. The minimum Gasteiger partial charge on any atom is -0.272 e. The second-order valence-electron chi connectivity index (χ2n) is 11.3. The molecular weight excluding hydrogens is 700 g/mol. The first-order valence-electron chi connectivity index (χ1n) is 14.7. The van der Waals surface area contributed by atoms with Gasteiger partial charge in [-0.2, -0.15) is 0 Å². The van der Waals surface area contributed by atoms with Crippen LogP contribution in [-0.4, -0.2) is 21.9 Å². The van der Waals surface area contributed by atoms with Gasteiger partial charge in [0, 0.05) is 39.3 Å². The Morgan fingerprint density at radius 1 is 0.957 bits per heavy atom. The van der Waals surface area contributed by atoms with Gasteiger partial charge >= 0.3 is 0 Å². The molecule has 0 unspecified atom stereocenters.